The van der Waals surface area contributed by atoms with Crippen LogP contribution in [-0.2, 0) is 4.74 Å². The fourth-order valence-corrected chi connectivity index (χ4v) is 3.58. The first kappa shape index (κ1) is 15.1. The van der Waals surface area contributed by atoms with Crippen LogP contribution in [0.1, 0.15) is 29.6 Å². The molecule has 2 aliphatic heterocycles. The monoisotopic (exact) mass is 328 g/mol. The van der Waals surface area contributed by atoms with Crippen LogP contribution in [0.5, 0.6) is 0 Å². The topological polar surface area (TPSA) is 80.5 Å². The van der Waals surface area contributed by atoms with Crippen LogP contribution in [0.3, 0.4) is 0 Å². The first-order valence-corrected chi connectivity index (χ1v) is 8.23. The van der Waals surface area contributed by atoms with Crippen molar-refractivity contribution in [2.45, 2.75) is 30.9 Å². The minimum absolute atomic E-state index is 0.00528. The highest BCUT2D eigenvalue weighted by molar-refractivity contribution is 5.94. The number of nitrogens with zero attached hydrogens (tertiary/aromatic N) is 3. The molecule has 2 aliphatic rings. The van der Waals surface area contributed by atoms with Crippen LogP contribution in [0.4, 0.5) is 5.95 Å². The number of carbonyl (C=O) groups excluding carboxylic acids is 1. The van der Waals surface area contributed by atoms with Gasteiger partial charge in [-0.2, -0.15) is 0 Å². The molecule has 24 heavy (non-hydrogen) atoms. The van der Waals surface area contributed by atoms with Gasteiger partial charge in [-0.15, -0.1) is 0 Å². The second-order valence-electron chi connectivity index (χ2n) is 6.43. The average Bonchev–Trinajstić information content (AvgIpc) is 3.26. The largest absolute Gasteiger partial charge is 0.472 e. The standard InChI is InChI=1S/C17H20N4O3/c22-15(13-2-8-23-11-13)21-7-4-17(12-21)10-14(3-9-24-17)20-16-18-5-1-6-19-16/h1-2,5-6,8,11,14H,3-4,7,9-10,12H2,(H,18,19,20)/t14-,17+/m0/s1. The molecule has 4 rings (SSSR count). The summed E-state index contributed by atoms with van der Waals surface area (Å²) in [6.07, 6.45) is 9.08. The van der Waals surface area contributed by atoms with Crippen molar-refractivity contribution in [2.75, 3.05) is 25.0 Å². The highest BCUT2D eigenvalue weighted by Crippen LogP contribution is 2.35. The molecule has 2 saturated heterocycles. The summed E-state index contributed by atoms with van der Waals surface area (Å²) in [5.41, 5.74) is 0.319. The van der Waals surface area contributed by atoms with Gasteiger partial charge in [-0.05, 0) is 31.4 Å². The zero-order valence-electron chi connectivity index (χ0n) is 13.4. The second-order valence-corrected chi connectivity index (χ2v) is 6.43. The summed E-state index contributed by atoms with van der Waals surface area (Å²) in [6.45, 7) is 2.00. The zero-order valence-corrected chi connectivity index (χ0v) is 13.4. The fourth-order valence-electron chi connectivity index (χ4n) is 3.58. The number of hydrogen-bond acceptors (Lipinski definition) is 6. The Bertz CT molecular complexity index is 691. The molecule has 1 amide bonds. The van der Waals surface area contributed by atoms with E-state index in [-0.39, 0.29) is 17.6 Å². The maximum atomic E-state index is 12.5. The molecule has 1 spiro atoms. The molecule has 0 radical (unpaired) electrons. The Morgan fingerprint density at radius 2 is 2.25 bits per heavy atom. The Kier molecular flexibility index (Phi) is 3.93. The van der Waals surface area contributed by atoms with E-state index in [1.807, 2.05) is 4.90 Å². The van der Waals surface area contributed by atoms with Crippen LogP contribution in [0.2, 0.25) is 0 Å². The van der Waals surface area contributed by atoms with Gasteiger partial charge in [-0.3, -0.25) is 4.79 Å². The number of amides is 1. The van der Waals surface area contributed by atoms with Crippen molar-refractivity contribution in [3.05, 3.63) is 42.6 Å². The Balaban J connectivity index is 1.41. The Labute approximate surface area is 140 Å². The molecule has 2 fully saturated rings. The number of nitrogens with one attached hydrogen (secondary N) is 1. The van der Waals surface area contributed by atoms with Crippen LogP contribution < -0.4 is 5.32 Å². The fraction of sp³-hybridized carbons (Fsp3) is 0.471. The molecular weight excluding hydrogens is 308 g/mol. The minimum Gasteiger partial charge on any atom is -0.472 e. The molecule has 4 heterocycles. The summed E-state index contributed by atoms with van der Waals surface area (Å²) >= 11 is 0. The van der Waals surface area contributed by atoms with Gasteiger partial charge in [-0.25, -0.2) is 9.97 Å². The molecule has 0 unspecified atom stereocenters. The maximum Gasteiger partial charge on any atom is 0.257 e. The first-order chi connectivity index (χ1) is 11.7. The van der Waals surface area contributed by atoms with E-state index in [1.165, 1.54) is 12.5 Å². The van der Waals surface area contributed by atoms with Crippen LogP contribution in [0, 0.1) is 0 Å². The minimum atomic E-state index is -0.274. The van der Waals surface area contributed by atoms with Gasteiger partial charge in [0, 0.05) is 31.6 Å². The number of ether oxygens (including phenoxy) is 1. The predicted molar refractivity (Wildman–Crippen MR) is 86.6 cm³/mol. The van der Waals surface area contributed by atoms with Gasteiger partial charge in [0.15, 0.2) is 0 Å². The van der Waals surface area contributed by atoms with Crippen molar-refractivity contribution in [3.8, 4) is 0 Å². The van der Waals surface area contributed by atoms with Gasteiger partial charge in [0.05, 0.1) is 24.0 Å². The predicted octanol–water partition coefficient (Wildman–Crippen LogP) is 1.95. The maximum absolute atomic E-state index is 12.5. The molecule has 1 N–H and O–H groups in total. The van der Waals surface area contributed by atoms with E-state index < -0.39 is 0 Å². The molecule has 7 nitrogen and oxygen atoms in total. The lowest BCUT2D eigenvalue weighted by molar-refractivity contribution is -0.0721. The molecule has 7 heteroatoms. The molecule has 0 saturated carbocycles. The van der Waals surface area contributed by atoms with E-state index in [4.69, 9.17) is 9.15 Å². The third-order valence-electron chi connectivity index (χ3n) is 4.76. The van der Waals surface area contributed by atoms with E-state index in [9.17, 15) is 4.79 Å². The van der Waals surface area contributed by atoms with Crippen molar-refractivity contribution in [1.29, 1.82) is 0 Å². The summed E-state index contributed by atoms with van der Waals surface area (Å²) < 4.78 is 11.1. The SMILES string of the molecule is O=C(c1ccoc1)N1CC[C@@]2(C[C@@H](Nc3ncccn3)CCO2)C1. The van der Waals surface area contributed by atoms with Gasteiger partial charge in [0.25, 0.3) is 5.91 Å². The molecule has 0 bridgehead atoms. The van der Waals surface area contributed by atoms with Crippen molar-refractivity contribution >= 4 is 11.9 Å². The molecule has 126 valence electrons. The van der Waals surface area contributed by atoms with Gasteiger partial charge >= 0.3 is 0 Å². The van der Waals surface area contributed by atoms with Crippen molar-refractivity contribution in [2.24, 2.45) is 0 Å². The smallest absolute Gasteiger partial charge is 0.257 e. The van der Waals surface area contributed by atoms with Gasteiger partial charge in [0.1, 0.15) is 6.26 Å². The quantitative estimate of drug-likeness (QED) is 0.927. The number of anilines is 1. The van der Waals surface area contributed by atoms with Gasteiger partial charge in [-0.1, -0.05) is 0 Å². The summed E-state index contributed by atoms with van der Waals surface area (Å²) in [5.74, 6) is 0.648. The van der Waals surface area contributed by atoms with Crippen LogP contribution in [0.25, 0.3) is 0 Å². The molecule has 2 aromatic rings. The van der Waals surface area contributed by atoms with Crippen molar-refractivity contribution in [3.63, 3.8) is 0 Å². The Morgan fingerprint density at radius 3 is 3.04 bits per heavy atom. The lowest BCUT2D eigenvalue weighted by Crippen LogP contribution is -2.47. The zero-order chi connectivity index (χ0) is 16.4. The van der Waals surface area contributed by atoms with Gasteiger partial charge in [0.2, 0.25) is 5.95 Å². The van der Waals surface area contributed by atoms with Gasteiger partial charge < -0.3 is 19.4 Å². The Hall–Kier alpha value is -2.41. The highest BCUT2D eigenvalue weighted by Gasteiger charge is 2.45. The number of aromatic nitrogens is 2. The summed E-state index contributed by atoms with van der Waals surface area (Å²) in [4.78, 5) is 22.8. The normalized spacial score (nSPS) is 26.7. The van der Waals surface area contributed by atoms with Crippen LogP contribution >= 0.6 is 0 Å². The number of furan rings is 1. The van der Waals surface area contributed by atoms with E-state index in [0.717, 1.165) is 19.3 Å². The summed E-state index contributed by atoms with van der Waals surface area (Å²) in [7, 11) is 0. The number of rotatable bonds is 3. The average molecular weight is 328 g/mol. The van der Waals surface area contributed by atoms with Crippen molar-refractivity contribution in [1.82, 2.24) is 14.9 Å². The van der Waals surface area contributed by atoms with Crippen LogP contribution in [-0.4, -0.2) is 52.1 Å². The summed E-state index contributed by atoms with van der Waals surface area (Å²) in [5, 5.41) is 3.38. The lowest BCUT2D eigenvalue weighted by atomic mass is 9.89. The highest BCUT2D eigenvalue weighted by atomic mass is 16.5. The molecule has 0 aromatic carbocycles. The molecule has 2 atom stereocenters. The molecule has 0 aliphatic carbocycles. The van der Waals surface area contributed by atoms with Crippen LogP contribution in [0.15, 0.2) is 41.5 Å². The first-order valence-electron chi connectivity index (χ1n) is 8.23. The van der Waals surface area contributed by atoms with Crippen molar-refractivity contribution < 1.29 is 13.9 Å². The lowest BCUT2D eigenvalue weighted by Gasteiger charge is -2.38. The molecular formula is C17H20N4O3. The van der Waals surface area contributed by atoms with E-state index in [0.29, 0.717) is 31.2 Å². The molecule has 2 aromatic heterocycles. The number of carbonyl (C=O) groups is 1. The van der Waals surface area contributed by atoms with E-state index in [2.05, 4.69) is 15.3 Å². The Morgan fingerprint density at radius 1 is 1.38 bits per heavy atom. The third-order valence-corrected chi connectivity index (χ3v) is 4.76. The third kappa shape index (κ3) is 2.99. The summed E-state index contributed by atoms with van der Waals surface area (Å²) in [6, 6.07) is 3.75. The number of likely N-dealkylation sites (tertiary alicyclic amines) is 1. The second kappa shape index (κ2) is 6.24. The number of hydrogen-bond donors (Lipinski definition) is 1. The van der Waals surface area contributed by atoms with E-state index >= 15 is 0 Å². The van der Waals surface area contributed by atoms with E-state index in [1.54, 1.807) is 24.5 Å².